The maximum absolute atomic E-state index is 4.66. The SMILES string of the molecule is C=CCN(CC=C)Cc1csc(CNCC(C)C)n1. The van der Waals surface area contributed by atoms with Gasteiger partial charge in [-0.15, -0.1) is 24.5 Å². The smallest absolute Gasteiger partial charge is 0.107 e. The number of hydrogen-bond acceptors (Lipinski definition) is 4. The normalized spacial score (nSPS) is 11.2. The molecule has 4 heteroatoms. The molecule has 0 aliphatic rings. The lowest BCUT2D eigenvalue weighted by Crippen LogP contribution is -2.23. The van der Waals surface area contributed by atoms with E-state index in [0.29, 0.717) is 5.92 Å². The van der Waals surface area contributed by atoms with E-state index in [4.69, 9.17) is 0 Å². The first-order valence-corrected chi connectivity index (χ1v) is 7.61. The van der Waals surface area contributed by atoms with Crippen molar-refractivity contribution in [2.45, 2.75) is 26.9 Å². The van der Waals surface area contributed by atoms with Gasteiger partial charge in [-0.05, 0) is 12.5 Å². The molecule has 3 nitrogen and oxygen atoms in total. The molecule has 1 rings (SSSR count). The Hall–Kier alpha value is -0.970. The molecule has 0 amide bonds. The summed E-state index contributed by atoms with van der Waals surface area (Å²) in [5.41, 5.74) is 1.13. The molecular formula is C15H25N3S. The van der Waals surface area contributed by atoms with E-state index in [1.807, 2.05) is 12.2 Å². The summed E-state index contributed by atoms with van der Waals surface area (Å²) in [6, 6.07) is 0. The molecule has 0 saturated heterocycles. The maximum Gasteiger partial charge on any atom is 0.107 e. The number of aromatic nitrogens is 1. The van der Waals surface area contributed by atoms with Crippen LogP contribution in [-0.2, 0) is 13.1 Å². The van der Waals surface area contributed by atoms with Gasteiger partial charge in [0.25, 0.3) is 0 Å². The van der Waals surface area contributed by atoms with Crippen LogP contribution in [0.15, 0.2) is 30.7 Å². The highest BCUT2D eigenvalue weighted by atomic mass is 32.1. The molecule has 1 aromatic heterocycles. The van der Waals surface area contributed by atoms with Crippen molar-refractivity contribution in [3.8, 4) is 0 Å². The van der Waals surface area contributed by atoms with Crippen LogP contribution in [0.2, 0.25) is 0 Å². The van der Waals surface area contributed by atoms with Gasteiger partial charge in [-0.1, -0.05) is 26.0 Å². The van der Waals surface area contributed by atoms with E-state index in [2.05, 4.69) is 47.6 Å². The number of nitrogens with zero attached hydrogens (tertiary/aromatic N) is 2. The van der Waals surface area contributed by atoms with Gasteiger partial charge >= 0.3 is 0 Å². The fourth-order valence-corrected chi connectivity index (χ4v) is 2.52. The Bertz CT molecular complexity index is 374. The van der Waals surface area contributed by atoms with Crippen molar-refractivity contribution in [2.24, 2.45) is 5.92 Å². The predicted octanol–water partition coefficient (Wildman–Crippen LogP) is 3.06. The maximum atomic E-state index is 4.66. The van der Waals surface area contributed by atoms with Gasteiger partial charge in [0, 0.05) is 31.6 Å². The quantitative estimate of drug-likeness (QED) is 0.667. The molecule has 0 aromatic carbocycles. The lowest BCUT2D eigenvalue weighted by atomic mass is 10.2. The molecule has 1 N–H and O–H groups in total. The summed E-state index contributed by atoms with van der Waals surface area (Å²) in [5.74, 6) is 0.676. The molecule has 1 aromatic rings. The highest BCUT2D eigenvalue weighted by molar-refractivity contribution is 7.09. The van der Waals surface area contributed by atoms with Gasteiger partial charge in [-0.25, -0.2) is 4.98 Å². The van der Waals surface area contributed by atoms with E-state index in [1.165, 1.54) is 0 Å². The monoisotopic (exact) mass is 279 g/mol. The summed E-state index contributed by atoms with van der Waals surface area (Å²) in [5, 5.41) is 6.72. The highest BCUT2D eigenvalue weighted by Crippen LogP contribution is 2.12. The van der Waals surface area contributed by atoms with E-state index in [1.54, 1.807) is 11.3 Å². The summed E-state index contributed by atoms with van der Waals surface area (Å²) in [4.78, 5) is 6.92. The summed E-state index contributed by atoms with van der Waals surface area (Å²) in [7, 11) is 0. The molecule has 0 unspecified atom stereocenters. The highest BCUT2D eigenvalue weighted by Gasteiger charge is 2.06. The van der Waals surface area contributed by atoms with Crippen LogP contribution in [0.5, 0.6) is 0 Å². The molecule has 0 atom stereocenters. The molecule has 0 fully saturated rings. The fourth-order valence-electron chi connectivity index (χ4n) is 1.77. The number of rotatable bonds is 10. The summed E-state index contributed by atoms with van der Waals surface area (Å²) < 4.78 is 0. The first kappa shape index (κ1) is 16.1. The van der Waals surface area contributed by atoms with Crippen molar-refractivity contribution in [3.05, 3.63) is 41.4 Å². The van der Waals surface area contributed by atoms with Crippen molar-refractivity contribution in [1.82, 2.24) is 15.2 Å². The Kier molecular flexibility index (Phi) is 7.63. The lowest BCUT2D eigenvalue weighted by Gasteiger charge is -2.16. The number of hydrogen-bond donors (Lipinski definition) is 1. The average molecular weight is 279 g/mol. The minimum absolute atomic E-state index is 0.676. The Morgan fingerprint density at radius 1 is 1.37 bits per heavy atom. The molecule has 19 heavy (non-hydrogen) atoms. The first-order valence-electron chi connectivity index (χ1n) is 6.73. The molecule has 0 saturated carbocycles. The van der Waals surface area contributed by atoms with Gasteiger partial charge in [0.1, 0.15) is 5.01 Å². The van der Waals surface area contributed by atoms with Crippen LogP contribution in [0.25, 0.3) is 0 Å². The average Bonchev–Trinajstić information content (AvgIpc) is 2.77. The van der Waals surface area contributed by atoms with Crippen LogP contribution >= 0.6 is 11.3 Å². The second kappa shape index (κ2) is 9.02. The third-order valence-corrected chi connectivity index (χ3v) is 3.49. The second-order valence-electron chi connectivity index (χ2n) is 5.03. The molecule has 1 heterocycles. The van der Waals surface area contributed by atoms with Gasteiger partial charge in [0.2, 0.25) is 0 Å². The van der Waals surface area contributed by atoms with Crippen LogP contribution in [0.1, 0.15) is 24.5 Å². The van der Waals surface area contributed by atoms with E-state index in [0.717, 1.165) is 43.4 Å². The zero-order valence-corrected chi connectivity index (χ0v) is 12.9. The van der Waals surface area contributed by atoms with Crippen LogP contribution in [-0.4, -0.2) is 29.5 Å². The standard InChI is InChI=1S/C15H25N3S/c1-5-7-18(8-6-2)11-14-12-19-15(17-14)10-16-9-13(3)4/h5-6,12-13,16H,1-2,7-11H2,3-4H3. The lowest BCUT2D eigenvalue weighted by molar-refractivity contribution is 0.324. The minimum atomic E-state index is 0.676. The third-order valence-electron chi connectivity index (χ3n) is 2.59. The Balaban J connectivity index is 2.44. The first-order chi connectivity index (χ1) is 9.15. The zero-order chi connectivity index (χ0) is 14.1. The molecule has 0 spiro atoms. The Labute approximate surface area is 121 Å². The zero-order valence-electron chi connectivity index (χ0n) is 12.1. The summed E-state index contributed by atoms with van der Waals surface area (Å²) >= 11 is 1.73. The van der Waals surface area contributed by atoms with Crippen LogP contribution in [0.3, 0.4) is 0 Å². The van der Waals surface area contributed by atoms with E-state index in [9.17, 15) is 0 Å². The largest absolute Gasteiger partial charge is 0.310 e. The third kappa shape index (κ3) is 6.66. The van der Waals surface area contributed by atoms with Crippen LogP contribution in [0, 0.1) is 5.92 Å². The van der Waals surface area contributed by atoms with Gasteiger partial charge in [-0.2, -0.15) is 0 Å². The van der Waals surface area contributed by atoms with E-state index >= 15 is 0 Å². The molecule has 106 valence electrons. The second-order valence-corrected chi connectivity index (χ2v) is 5.97. The number of thiazole rings is 1. The van der Waals surface area contributed by atoms with Gasteiger partial charge in [0.05, 0.1) is 5.69 Å². The van der Waals surface area contributed by atoms with Gasteiger partial charge in [0.15, 0.2) is 0 Å². The fraction of sp³-hybridized carbons (Fsp3) is 0.533. The molecule has 0 radical (unpaired) electrons. The molecule has 0 aliphatic heterocycles. The number of nitrogens with one attached hydrogen (secondary N) is 1. The Morgan fingerprint density at radius 3 is 2.63 bits per heavy atom. The minimum Gasteiger partial charge on any atom is -0.310 e. The molecule has 0 aliphatic carbocycles. The summed E-state index contributed by atoms with van der Waals surface area (Å²) in [6.07, 6.45) is 3.84. The molecular weight excluding hydrogens is 254 g/mol. The van der Waals surface area contributed by atoms with Crippen molar-refractivity contribution < 1.29 is 0 Å². The van der Waals surface area contributed by atoms with Crippen molar-refractivity contribution in [1.29, 1.82) is 0 Å². The van der Waals surface area contributed by atoms with Crippen molar-refractivity contribution >= 4 is 11.3 Å². The van der Waals surface area contributed by atoms with Gasteiger partial charge in [-0.3, -0.25) is 4.90 Å². The topological polar surface area (TPSA) is 28.2 Å². The summed E-state index contributed by atoms with van der Waals surface area (Å²) in [6.45, 7) is 16.5. The predicted molar refractivity (Wildman–Crippen MR) is 84.3 cm³/mol. The van der Waals surface area contributed by atoms with Crippen LogP contribution < -0.4 is 5.32 Å². The van der Waals surface area contributed by atoms with Gasteiger partial charge < -0.3 is 5.32 Å². The van der Waals surface area contributed by atoms with Crippen LogP contribution in [0.4, 0.5) is 0 Å². The van der Waals surface area contributed by atoms with E-state index in [-0.39, 0.29) is 0 Å². The molecule has 0 bridgehead atoms. The van der Waals surface area contributed by atoms with Crippen molar-refractivity contribution in [3.63, 3.8) is 0 Å². The van der Waals surface area contributed by atoms with E-state index < -0.39 is 0 Å². The Morgan fingerprint density at radius 2 is 2.05 bits per heavy atom. The van der Waals surface area contributed by atoms with Crippen molar-refractivity contribution in [2.75, 3.05) is 19.6 Å².